The number of anilines is 1. The zero-order valence-electron chi connectivity index (χ0n) is 14.8. The van der Waals surface area contributed by atoms with Crippen molar-refractivity contribution in [3.63, 3.8) is 0 Å². The van der Waals surface area contributed by atoms with Crippen molar-refractivity contribution in [1.82, 2.24) is 14.9 Å². The molecule has 0 saturated carbocycles. The minimum Gasteiger partial charge on any atom is -0.375 e. The van der Waals surface area contributed by atoms with Crippen molar-refractivity contribution in [2.24, 2.45) is 10.7 Å². The lowest BCUT2D eigenvalue weighted by Crippen LogP contribution is -2.51. The Kier molecular flexibility index (Phi) is 6.25. The second-order valence-electron chi connectivity index (χ2n) is 6.00. The van der Waals surface area contributed by atoms with Gasteiger partial charge in [0.2, 0.25) is 5.95 Å². The lowest BCUT2D eigenvalue weighted by Gasteiger charge is -2.35. The van der Waals surface area contributed by atoms with Crippen molar-refractivity contribution in [1.29, 1.82) is 0 Å². The Balaban J connectivity index is 1.56. The van der Waals surface area contributed by atoms with Crippen LogP contribution in [-0.4, -0.2) is 60.7 Å². The number of halogens is 1. The Morgan fingerprint density at radius 2 is 1.96 bits per heavy atom. The predicted molar refractivity (Wildman–Crippen MR) is 104 cm³/mol. The topological polar surface area (TPSA) is 79.9 Å². The van der Waals surface area contributed by atoms with Gasteiger partial charge in [0.15, 0.2) is 5.96 Å². The predicted octanol–water partition coefficient (Wildman–Crippen LogP) is 1.95. The van der Waals surface area contributed by atoms with Gasteiger partial charge in [0.1, 0.15) is 6.10 Å². The van der Waals surface area contributed by atoms with Gasteiger partial charge in [-0.25, -0.2) is 9.97 Å². The molecule has 1 aromatic heterocycles. The van der Waals surface area contributed by atoms with Gasteiger partial charge in [-0.15, -0.1) is 0 Å². The molecule has 7 nitrogen and oxygen atoms in total. The van der Waals surface area contributed by atoms with Crippen LogP contribution in [0.2, 0.25) is 5.02 Å². The first-order valence-electron chi connectivity index (χ1n) is 8.52. The van der Waals surface area contributed by atoms with Crippen LogP contribution in [-0.2, 0) is 4.74 Å². The minimum atomic E-state index is -0.175. The van der Waals surface area contributed by atoms with E-state index in [4.69, 9.17) is 22.1 Å². The highest BCUT2D eigenvalue weighted by molar-refractivity contribution is 6.30. The molecule has 1 fully saturated rings. The van der Waals surface area contributed by atoms with Crippen LogP contribution in [0.25, 0.3) is 0 Å². The number of nitrogens with zero attached hydrogens (tertiary/aromatic N) is 5. The maximum absolute atomic E-state index is 6.19. The van der Waals surface area contributed by atoms with Gasteiger partial charge in [-0.3, -0.25) is 4.99 Å². The fraction of sp³-hybridized carbons (Fsp3) is 0.389. The fourth-order valence-corrected chi connectivity index (χ4v) is 3.09. The van der Waals surface area contributed by atoms with Crippen molar-refractivity contribution < 1.29 is 4.74 Å². The highest BCUT2D eigenvalue weighted by Crippen LogP contribution is 2.20. The molecular weight excluding hydrogens is 352 g/mol. The van der Waals surface area contributed by atoms with E-state index in [0.29, 0.717) is 17.5 Å². The van der Waals surface area contributed by atoms with E-state index in [9.17, 15) is 0 Å². The summed E-state index contributed by atoms with van der Waals surface area (Å²) in [5.74, 6) is 1.28. The molecule has 1 saturated heterocycles. The quantitative estimate of drug-likeness (QED) is 0.636. The van der Waals surface area contributed by atoms with Crippen LogP contribution in [0.4, 0.5) is 5.95 Å². The Bertz CT molecular complexity index is 733. The number of guanidine groups is 1. The summed E-state index contributed by atoms with van der Waals surface area (Å²) in [5, 5.41) is 0.681. The number of methoxy groups -OCH3 is 1. The van der Waals surface area contributed by atoms with Crippen LogP contribution < -0.4 is 10.6 Å². The van der Waals surface area contributed by atoms with E-state index in [1.165, 1.54) is 0 Å². The van der Waals surface area contributed by atoms with Crippen molar-refractivity contribution in [3.05, 3.63) is 53.3 Å². The first kappa shape index (κ1) is 18.4. The number of hydrogen-bond donors (Lipinski definition) is 1. The molecule has 26 heavy (non-hydrogen) atoms. The summed E-state index contributed by atoms with van der Waals surface area (Å²) in [6.45, 7) is 3.62. The second-order valence-corrected chi connectivity index (χ2v) is 6.44. The highest BCUT2D eigenvalue weighted by atomic mass is 35.5. The maximum atomic E-state index is 6.19. The summed E-state index contributed by atoms with van der Waals surface area (Å²) in [7, 11) is 1.66. The van der Waals surface area contributed by atoms with Gasteiger partial charge in [0.05, 0.1) is 6.54 Å². The zero-order valence-corrected chi connectivity index (χ0v) is 15.5. The summed E-state index contributed by atoms with van der Waals surface area (Å²) < 4.78 is 5.54. The van der Waals surface area contributed by atoms with Crippen LogP contribution in [0, 0.1) is 0 Å². The Hall–Kier alpha value is -2.38. The van der Waals surface area contributed by atoms with Crippen molar-refractivity contribution >= 4 is 23.5 Å². The average Bonchev–Trinajstić information content (AvgIpc) is 2.69. The third-order valence-corrected chi connectivity index (χ3v) is 4.60. The molecule has 1 unspecified atom stereocenters. The summed E-state index contributed by atoms with van der Waals surface area (Å²) in [4.78, 5) is 17.3. The van der Waals surface area contributed by atoms with E-state index in [1.54, 1.807) is 19.5 Å². The third kappa shape index (κ3) is 4.62. The summed E-state index contributed by atoms with van der Waals surface area (Å²) in [6, 6.07) is 9.42. The fourth-order valence-electron chi connectivity index (χ4n) is 2.89. The SMILES string of the molecule is COC(CN=C(N)N1CCN(c2ncccn2)CC1)c1cccc(Cl)c1. The number of ether oxygens (including phenoxy) is 1. The molecule has 1 aromatic carbocycles. The van der Waals surface area contributed by atoms with E-state index < -0.39 is 0 Å². The second kappa shape index (κ2) is 8.82. The number of piperazine rings is 1. The number of hydrogen-bond acceptors (Lipinski definition) is 5. The van der Waals surface area contributed by atoms with Crippen molar-refractivity contribution in [2.45, 2.75) is 6.10 Å². The molecule has 1 atom stereocenters. The lowest BCUT2D eigenvalue weighted by molar-refractivity contribution is 0.110. The number of aromatic nitrogens is 2. The molecule has 1 aliphatic rings. The van der Waals surface area contributed by atoms with Crippen LogP contribution in [0.1, 0.15) is 11.7 Å². The highest BCUT2D eigenvalue weighted by Gasteiger charge is 2.20. The molecule has 0 radical (unpaired) electrons. The number of rotatable bonds is 5. The summed E-state index contributed by atoms with van der Waals surface area (Å²) in [5.41, 5.74) is 7.18. The van der Waals surface area contributed by atoms with E-state index >= 15 is 0 Å². The molecule has 1 aliphatic heterocycles. The summed E-state index contributed by atoms with van der Waals surface area (Å²) in [6.07, 6.45) is 3.34. The molecule has 138 valence electrons. The van der Waals surface area contributed by atoms with Gasteiger partial charge in [-0.2, -0.15) is 0 Å². The normalized spacial score (nSPS) is 16.6. The minimum absolute atomic E-state index is 0.175. The zero-order chi connectivity index (χ0) is 18.4. The third-order valence-electron chi connectivity index (χ3n) is 4.36. The van der Waals surface area contributed by atoms with Gasteiger partial charge in [0.25, 0.3) is 0 Å². The molecule has 8 heteroatoms. The van der Waals surface area contributed by atoms with Crippen LogP contribution in [0.15, 0.2) is 47.7 Å². The van der Waals surface area contributed by atoms with Crippen molar-refractivity contribution in [3.8, 4) is 0 Å². The molecule has 0 aliphatic carbocycles. The monoisotopic (exact) mass is 374 g/mol. The molecule has 0 bridgehead atoms. The Morgan fingerprint density at radius 3 is 2.62 bits per heavy atom. The summed E-state index contributed by atoms with van der Waals surface area (Å²) >= 11 is 6.06. The molecule has 3 rings (SSSR count). The largest absolute Gasteiger partial charge is 0.375 e. The van der Waals surface area contributed by atoms with E-state index in [1.807, 2.05) is 30.3 Å². The first-order chi connectivity index (χ1) is 12.7. The van der Waals surface area contributed by atoms with Gasteiger partial charge < -0.3 is 20.3 Å². The average molecular weight is 375 g/mol. The van der Waals surface area contributed by atoms with E-state index in [0.717, 1.165) is 37.7 Å². The molecule has 0 spiro atoms. The van der Waals surface area contributed by atoms with Gasteiger partial charge in [-0.1, -0.05) is 23.7 Å². The van der Waals surface area contributed by atoms with Gasteiger partial charge in [-0.05, 0) is 23.8 Å². The van der Waals surface area contributed by atoms with Gasteiger partial charge >= 0.3 is 0 Å². The Labute approximate surface area is 158 Å². The van der Waals surface area contributed by atoms with Crippen LogP contribution >= 0.6 is 11.6 Å². The number of aliphatic imine (C=N–C) groups is 1. The van der Waals surface area contributed by atoms with E-state index in [2.05, 4.69) is 24.8 Å². The standard InChI is InChI=1S/C18H23ClN6O/c1-26-16(14-4-2-5-15(19)12-14)13-23-17(20)24-8-10-25(11-9-24)18-21-6-3-7-22-18/h2-7,12,16H,8-11,13H2,1H3,(H2,20,23). The van der Waals surface area contributed by atoms with Gasteiger partial charge in [0, 0.05) is 50.7 Å². The van der Waals surface area contributed by atoms with Crippen LogP contribution in [0.5, 0.6) is 0 Å². The number of benzene rings is 1. The van der Waals surface area contributed by atoms with E-state index in [-0.39, 0.29) is 6.10 Å². The first-order valence-corrected chi connectivity index (χ1v) is 8.90. The maximum Gasteiger partial charge on any atom is 0.225 e. The lowest BCUT2D eigenvalue weighted by atomic mass is 10.1. The molecule has 0 amide bonds. The number of nitrogens with two attached hydrogens (primary N) is 1. The molecule has 2 heterocycles. The smallest absolute Gasteiger partial charge is 0.225 e. The molecule has 2 aromatic rings. The molecule has 2 N–H and O–H groups in total. The Morgan fingerprint density at radius 1 is 1.23 bits per heavy atom. The van der Waals surface area contributed by atoms with Crippen molar-refractivity contribution in [2.75, 3.05) is 44.7 Å². The van der Waals surface area contributed by atoms with Crippen LogP contribution in [0.3, 0.4) is 0 Å². The molecular formula is C18H23ClN6O.